The highest BCUT2D eigenvalue weighted by molar-refractivity contribution is 7.85. The van der Waals surface area contributed by atoms with Gasteiger partial charge in [0.1, 0.15) is 5.69 Å². The summed E-state index contributed by atoms with van der Waals surface area (Å²) in [6.07, 6.45) is 4.73. The molecule has 1 heterocycles. The third-order valence-electron chi connectivity index (χ3n) is 4.60. The fourth-order valence-electron chi connectivity index (χ4n) is 3.34. The van der Waals surface area contributed by atoms with E-state index in [-0.39, 0.29) is 22.4 Å². The lowest BCUT2D eigenvalue weighted by Crippen LogP contribution is -2.33. The van der Waals surface area contributed by atoms with Crippen molar-refractivity contribution in [1.29, 1.82) is 0 Å². The Labute approximate surface area is 146 Å². The van der Waals surface area contributed by atoms with Gasteiger partial charge in [-0.05, 0) is 25.3 Å². The van der Waals surface area contributed by atoms with Crippen molar-refractivity contribution in [2.45, 2.75) is 43.9 Å². The lowest BCUT2D eigenvalue weighted by Gasteiger charge is -2.29. The van der Waals surface area contributed by atoms with Crippen LogP contribution in [0.5, 0.6) is 0 Å². The van der Waals surface area contributed by atoms with E-state index < -0.39 is 21.3 Å². The number of nitro groups is 1. The fourth-order valence-corrected chi connectivity index (χ4v) is 4.69. The number of aromatic nitrogens is 2. The van der Waals surface area contributed by atoms with E-state index in [2.05, 4.69) is 15.3 Å². The van der Waals surface area contributed by atoms with Crippen LogP contribution in [-0.2, 0) is 10.8 Å². The molecule has 2 aromatic rings. The maximum atomic E-state index is 12.1. The number of nitrogens with zero attached hydrogens (tertiary/aromatic N) is 2. The van der Waals surface area contributed by atoms with Crippen LogP contribution in [0.15, 0.2) is 23.3 Å². The molecule has 0 amide bonds. The Balaban J connectivity index is 1.92. The summed E-state index contributed by atoms with van der Waals surface area (Å²) in [5, 5.41) is 15.0. The van der Waals surface area contributed by atoms with Gasteiger partial charge in [-0.25, -0.2) is 4.98 Å². The first-order chi connectivity index (χ1) is 12.0. The van der Waals surface area contributed by atoms with Crippen LogP contribution in [0.1, 0.15) is 32.6 Å². The second-order valence-electron chi connectivity index (χ2n) is 6.17. The van der Waals surface area contributed by atoms with E-state index >= 15 is 0 Å². The third-order valence-corrected chi connectivity index (χ3v) is 6.34. The van der Waals surface area contributed by atoms with Gasteiger partial charge in [-0.15, -0.1) is 0 Å². The van der Waals surface area contributed by atoms with E-state index in [0.717, 1.165) is 25.7 Å². The molecule has 0 bridgehead atoms. The SMILES string of the molecule is CCS(=O)C1CCCC(Nc2cc3nc[nH]c(=O)c3cc2[N+](=O)[O-])C1. The Morgan fingerprint density at radius 2 is 2.24 bits per heavy atom. The minimum absolute atomic E-state index is 0.0207. The van der Waals surface area contributed by atoms with Crippen LogP contribution in [0, 0.1) is 10.1 Å². The second-order valence-corrected chi connectivity index (χ2v) is 8.18. The fraction of sp³-hybridized carbons (Fsp3) is 0.500. The minimum Gasteiger partial charge on any atom is -0.377 e. The van der Waals surface area contributed by atoms with Gasteiger partial charge in [0.2, 0.25) is 0 Å². The van der Waals surface area contributed by atoms with E-state index in [1.807, 2.05) is 6.92 Å². The Morgan fingerprint density at radius 1 is 1.44 bits per heavy atom. The molecule has 25 heavy (non-hydrogen) atoms. The Bertz CT molecular complexity index is 882. The molecule has 0 radical (unpaired) electrons. The summed E-state index contributed by atoms with van der Waals surface area (Å²) in [5.41, 5.74) is 0.199. The molecule has 1 fully saturated rings. The highest BCUT2D eigenvalue weighted by Gasteiger charge is 2.27. The Hall–Kier alpha value is -2.29. The third kappa shape index (κ3) is 3.71. The van der Waals surface area contributed by atoms with E-state index in [1.165, 1.54) is 12.4 Å². The maximum Gasteiger partial charge on any atom is 0.293 e. The number of benzene rings is 1. The lowest BCUT2D eigenvalue weighted by molar-refractivity contribution is -0.383. The molecule has 0 saturated heterocycles. The summed E-state index contributed by atoms with van der Waals surface area (Å²) in [4.78, 5) is 29.3. The Morgan fingerprint density at radius 3 is 2.96 bits per heavy atom. The zero-order valence-corrected chi connectivity index (χ0v) is 14.7. The summed E-state index contributed by atoms with van der Waals surface area (Å²) in [7, 11) is -0.863. The van der Waals surface area contributed by atoms with Crippen molar-refractivity contribution in [1.82, 2.24) is 9.97 Å². The van der Waals surface area contributed by atoms with E-state index in [1.54, 1.807) is 6.07 Å². The highest BCUT2D eigenvalue weighted by atomic mass is 32.2. The molecule has 9 heteroatoms. The van der Waals surface area contributed by atoms with Crippen molar-refractivity contribution < 1.29 is 9.13 Å². The molecule has 8 nitrogen and oxygen atoms in total. The molecule has 2 N–H and O–H groups in total. The van der Waals surface area contributed by atoms with Gasteiger partial charge < -0.3 is 10.3 Å². The van der Waals surface area contributed by atoms with E-state index in [4.69, 9.17) is 0 Å². The highest BCUT2D eigenvalue weighted by Crippen LogP contribution is 2.32. The van der Waals surface area contributed by atoms with Crippen LogP contribution in [0.3, 0.4) is 0 Å². The van der Waals surface area contributed by atoms with Gasteiger partial charge in [-0.1, -0.05) is 13.3 Å². The molecule has 0 aliphatic heterocycles. The van der Waals surface area contributed by atoms with Crippen LogP contribution in [0.4, 0.5) is 11.4 Å². The molecule has 1 aromatic carbocycles. The smallest absolute Gasteiger partial charge is 0.293 e. The topological polar surface area (TPSA) is 118 Å². The van der Waals surface area contributed by atoms with Gasteiger partial charge in [0.25, 0.3) is 11.2 Å². The first-order valence-corrected chi connectivity index (χ1v) is 9.67. The number of fused-ring (bicyclic) bond motifs is 1. The number of hydrogen-bond acceptors (Lipinski definition) is 6. The van der Waals surface area contributed by atoms with Crippen molar-refractivity contribution in [3.63, 3.8) is 0 Å². The maximum absolute atomic E-state index is 12.1. The molecule has 1 aromatic heterocycles. The molecule has 134 valence electrons. The predicted octanol–water partition coefficient (Wildman–Crippen LogP) is 2.32. The quantitative estimate of drug-likeness (QED) is 0.621. The minimum atomic E-state index is -0.863. The van der Waals surface area contributed by atoms with E-state index in [0.29, 0.717) is 17.0 Å². The van der Waals surface area contributed by atoms with E-state index in [9.17, 15) is 19.1 Å². The standard InChI is InChI=1S/C16H20N4O4S/c1-2-25(24)11-5-3-4-10(6-11)19-14-8-13-12(7-15(14)20(22)23)16(21)18-9-17-13/h7-11,19H,2-6H2,1H3,(H,17,18,21). The molecule has 3 atom stereocenters. The summed E-state index contributed by atoms with van der Waals surface area (Å²) in [6, 6.07) is 2.82. The molecule has 1 saturated carbocycles. The molecular formula is C16H20N4O4S. The van der Waals surface area contributed by atoms with Gasteiger partial charge >= 0.3 is 0 Å². The Kier molecular flexibility index (Phi) is 5.12. The zero-order valence-electron chi connectivity index (χ0n) is 13.9. The number of nitro benzene ring substituents is 1. The number of nitrogens with one attached hydrogen (secondary N) is 2. The summed E-state index contributed by atoms with van der Waals surface area (Å²) in [6.45, 7) is 1.91. The molecule has 1 aliphatic carbocycles. The number of hydrogen-bond donors (Lipinski definition) is 2. The molecular weight excluding hydrogens is 344 g/mol. The molecule has 3 unspecified atom stereocenters. The normalized spacial score (nSPS) is 21.8. The van der Waals surface area contributed by atoms with Crippen molar-refractivity contribution in [3.8, 4) is 0 Å². The molecule has 3 rings (SSSR count). The lowest BCUT2D eigenvalue weighted by atomic mass is 9.94. The summed E-state index contributed by atoms with van der Waals surface area (Å²) in [5.74, 6) is 0.625. The molecule has 1 aliphatic rings. The molecule has 0 spiro atoms. The first kappa shape index (κ1) is 17.5. The number of aromatic amines is 1. The van der Waals surface area contributed by atoms with Crippen molar-refractivity contribution in [2.24, 2.45) is 0 Å². The monoisotopic (exact) mass is 364 g/mol. The average molecular weight is 364 g/mol. The van der Waals surface area contributed by atoms with Gasteiger partial charge in [-0.2, -0.15) is 0 Å². The zero-order chi connectivity index (χ0) is 18.0. The van der Waals surface area contributed by atoms with Gasteiger partial charge in [-0.3, -0.25) is 19.1 Å². The van der Waals surface area contributed by atoms with Crippen LogP contribution >= 0.6 is 0 Å². The van der Waals surface area contributed by atoms with Crippen molar-refractivity contribution in [3.05, 3.63) is 38.9 Å². The van der Waals surface area contributed by atoms with Crippen LogP contribution in [0.25, 0.3) is 10.9 Å². The van der Waals surface area contributed by atoms with Crippen molar-refractivity contribution >= 4 is 33.1 Å². The number of anilines is 1. The van der Waals surface area contributed by atoms with Crippen LogP contribution < -0.4 is 10.9 Å². The average Bonchev–Trinajstić information content (AvgIpc) is 2.61. The largest absolute Gasteiger partial charge is 0.377 e. The van der Waals surface area contributed by atoms with Gasteiger partial charge in [0.05, 0.1) is 22.2 Å². The van der Waals surface area contributed by atoms with Gasteiger partial charge in [0, 0.05) is 33.9 Å². The van der Waals surface area contributed by atoms with Crippen LogP contribution in [-0.4, -0.2) is 36.1 Å². The van der Waals surface area contributed by atoms with Crippen LogP contribution in [0.2, 0.25) is 0 Å². The van der Waals surface area contributed by atoms with Crippen molar-refractivity contribution in [2.75, 3.05) is 11.1 Å². The van der Waals surface area contributed by atoms with Gasteiger partial charge in [0.15, 0.2) is 0 Å². The predicted molar refractivity (Wildman–Crippen MR) is 97.4 cm³/mol. The first-order valence-electron chi connectivity index (χ1n) is 8.29. The second kappa shape index (κ2) is 7.30. The summed E-state index contributed by atoms with van der Waals surface area (Å²) >= 11 is 0. The summed E-state index contributed by atoms with van der Waals surface area (Å²) < 4.78 is 12.1. The number of H-pyrrole nitrogens is 1. The number of rotatable bonds is 5.